The van der Waals surface area contributed by atoms with E-state index >= 15 is 0 Å². The number of nitrogens with one attached hydrogen (secondary N) is 2. The number of aliphatic hydroxyl groups excluding tert-OH is 1. The van der Waals surface area contributed by atoms with Gasteiger partial charge in [-0.05, 0) is 35.7 Å². The zero-order chi connectivity index (χ0) is 19.2. The molecule has 142 valence electrons. The van der Waals surface area contributed by atoms with Gasteiger partial charge in [0, 0.05) is 37.4 Å². The van der Waals surface area contributed by atoms with Crippen LogP contribution in [0.5, 0.6) is 0 Å². The fourth-order valence-corrected chi connectivity index (χ4v) is 3.25. The quantitative estimate of drug-likeness (QED) is 0.623. The Morgan fingerprint density at radius 3 is 2.67 bits per heavy atom. The highest BCUT2D eigenvalue weighted by Gasteiger charge is 2.19. The summed E-state index contributed by atoms with van der Waals surface area (Å²) in [4.78, 5) is 25.1. The van der Waals surface area contributed by atoms with Gasteiger partial charge in [0.1, 0.15) is 0 Å². The number of β-amino-alcohol motifs (C(OH)–C–C–N with tert-alkyl or cyclic N) is 1. The molecule has 0 saturated heterocycles. The van der Waals surface area contributed by atoms with E-state index in [0.717, 1.165) is 19.5 Å². The summed E-state index contributed by atoms with van der Waals surface area (Å²) in [5.41, 5.74) is 3.29. The van der Waals surface area contributed by atoms with Gasteiger partial charge in [0.2, 0.25) is 0 Å². The van der Waals surface area contributed by atoms with Gasteiger partial charge in [-0.25, -0.2) is 4.79 Å². The third kappa shape index (κ3) is 5.29. The second-order valence-electron chi connectivity index (χ2n) is 6.63. The van der Waals surface area contributed by atoms with E-state index in [1.165, 1.54) is 17.2 Å². The van der Waals surface area contributed by atoms with Crippen molar-refractivity contribution in [2.24, 2.45) is 0 Å². The highest BCUT2D eigenvalue weighted by molar-refractivity contribution is 5.96. The first kappa shape index (κ1) is 18.9. The summed E-state index contributed by atoms with van der Waals surface area (Å²) in [5.74, 6) is -0.355. The van der Waals surface area contributed by atoms with Gasteiger partial charge >= 0.3 is 6.09 Å². The molecule has 7 heteroatoms. The first-order valence-corrected chi connectivity index (χ1v) is 8.86. The molecule has 1 aliphatic rings. The molecular formula is C20H23N3O4. The molecule has 0 spiro atoms. The van der Waals surface area contributed by atoms with Crippen LogP contribution in [0.1, 0.15) is 21.5 Å². The van der Waals surface area contributed by atoms with E-state index in [1.807, 2.05) is 12.1 Å². The van der Waals surface area contributed by atoms with Crippen LogP contribution in [0, 0.1) is 0 Å². The standard InChI is InChI=1S/C20H23N3O4/c24-18(13-23-9-8-14-4-1-2-5-16(14)12-23)11-21-19(25)15-6-3-7-17(10-15)22-20(26)27/h1-7,10,18,22,24H,8-9,11-13H2,(H,21,25)(H,26,27). The number of anilines is 1. The van der Waals surface area contributed by atoms with Crippen LogP contribution < -0.4 is 10.6 Å². The highest BCUT2D eigenvalue weighted by atomic mass is 16.4. The van der Waals surface area contributed by atoms with Gasteiger partial charge in [-0.1, -0.05) is 30.3 Å². The molecule has 0 radical (unpaired) electrons. The van der Waals surface area contributed by atoms with Crippen molar-refractivity contribution >= 4 is 17.7 Å². The van der Waals surface area contributed by atoms with Gasteiger partial charge in [-0.15, -0.1) is 0 Å². The molecule has 1 aliphatic heterocycles. The Kier molecular flexibility index (Phi) is 6.05. The maximum Gasteiger partial charge on any atom is 0.409 e. The summed E-state index contributed by atoms with van der Waals surface area (Å²) < 4.78 is 0. The Balaban J connectivity index is 1.48. The molecule has 0 aliphatic carbocycles. The normalized spacial score (nSPS) is 14.9. The molecule has 0 fully saturated rings. The Morgan fingerprint density at radius 1 is 1.11 bits per heavy atom. The van der Waals surface area contributed by atoms with E-state index in [4.69, 9.17) is 5.11 Å². The molecule has 4 N–H and O–H groups in total. The second kappa shape index (κ2) is 8.66. The summed E-state index contributed by atoms with van der Waals surface area (Å²) in [7, 11) is 0. The Hall–Kier alpha value is -2.90. The van der Waals surface area contributed by atoms with Gasteiger partial charge in [0.15, 0.2) is 0 Å². The van der Waals surface area contributed by atoms with Crippen LogP contribution in [0.4, 0.5) is 10.5 Å². The first-order chi connectivity index (χ1) is 13.0. The van der Waals surface area contributed by atoms with Crippen molar-refractivity contribution in [3.05, 3.63) is 65.2 Å². The molecule has 0 saturated carbocycles. The number of hydrogen-bond donors (Lipinski definition) is 4. The molecule has 2 aromatic rings. The van der Waals surface area contributed by atoms with E-state index in [9.17, 15) is 14.7 Å². The molecule has 2 amide bonds. The lowest BCUT2D eigenvalue weighted by molar-refractivity contribution is 0.0842. The minimum Gasteiger partial charge on any atom is -0.465 e. The highest BCUT2D eigenvalue weighted by Crippen LogP contribution is 2.18. The average Bonchev–Trinajstić information content (AvgIpc) is 2.65. The van der Waals surface area contributed by atoms with Crippen LogP contribution in [0.15, 0.2) is 48.5 Å². The zero-order valence-electron chi connectivity index (χ0n) is 14.9. The van der Waals surface area contributed by atoms with E-state index in [-0.39, 0.29) is 12.5 Å². The number of fused-ring (bicyclic) bond motifs is 1. The van der Waals surface area contributed by atoms with Gasteiger partial charge in [0.25, 0.3) is 5.91 Å². The van der Waals surface area contributed by atoms with E-state index in [1.54, 1.807) is 18.2 Å². The van der Waals surface area contributed by atoms with Crippen molar-refractivity contribution in [1.82, 2.24) is 10.2 Å². The number of rotatable bonds is 6. The minimum absolute atomic E-state index is 0.133. The third-order valence-electron chi connectivity index (χ3n) is 4.55. The number of benzene rings is 2. The fraction of sp³-hybridized carbons (Fsp3) is 0.300. The predicted octanol–water partition coefficient (Wildman–Crippen LogP) is 1.93. The van der Waals surface area contributed by atoms with Crippen molar-refractivity contribution in [3.8, 4) is 0 Å². The molecule has 0 bridgehead atoms. The maximum absolute atomic E-state index is 12.2. The summed E-state index contributed by atoms with van der Waals surface area (Å²) in [5, 5.41) is 23.9. The van der Waals surface area contributed by atoms with Crippen LogP contribution in [0.25, 0.3) is 0 Å². The molecule has 0 aromatic heterocycles. The molecule has 7 nitrogen and oxygen atoms in total. The Bertz CT molecular complexity index is 824. The number of amides is 2. The van der Waals surface area contributed by atoms with Gasteiger partial charge in [0.05, 0.1) is 6.10 Å². The third-order valence-corrected chi connectivity index (χ3v) is 4.55. The number of carbonyl (C=O) groups is 2. The number of carbonyl (C=O) groups excluding carboxylic acids is 1. The van der Waals surface area contributed by atoms with Crippen LogP contribution in [-0.4, -0.2) is 52.9 Å². The summed E-state index contributed by atoms with van der Waals surface area (Å²) in [6.07, 6.45) is -0.913. The lowest BCUT2D eigenvalue weighted by atomic mass is 10.00. The van der Waals surface area contributed by atoms with Crippen LogP contribution in [0.2, 0.25) is 0 Å². The Labute approximate surface area is 157 Å². The zero-order valence-corrected chi connectivity index (χ0v) is 14.9. The molecule has 1 atom stereocenters. The van der Waals surface area contributed by atoms with Crippen LogP contribution in [0.3, 0.4) is 0 Å². The van der Waals surface area contributed by atoms with Crippen molar-refractivity contribution in [3.63, 3.8) is 0 Å². The van der Waals surface area contributed by atoms with E-state index < -0.39 is 12.2 Å². The minimum atomic E-state index is -1.19. The second-order valence-corrected chi connectivity index (χ2v) is 6.63. The van der Waals surface area contributed by atoms with Crippen molar-refractivity contribution in [2.45, 2.75) is 19.1 Å². The largest absolute Gasteiger partial charge is 0.465 e. The smallest absolute Gasteiger partial charge is 0.409 e. The lowest BCUT2D eigenvalue weighted by Crippen LogP contribution is -2.42. The fourth-order valence-electron chi connectivity index (χ4n) is 3.25. The van der Waals surface area contributed by atoms with Crippen molar-refractivity contribution in [1.29, 1.82) is 0 Å². The maximum atomic E-state index is 12.2. The molecule has 1 heterocycles. The number of hydrogen-bond acceptors (Lipinski definition) is 4. The van der Waals surface area contributed by atoms with Crippen molar-refractivity contribution in [2.75, 3.05) is 25.0 Å². The molecule has 2 aromatic carbocycles. The average molecular weight is 369 g/mol. The van der Waals surface area contributed by atoms with Gasteiger partial charge in [-0.2, -0.15) is 0 Å². The number of nitrogens with zero attached hydrogens (tertiary/aromatic N) is 1. The van der Waals surface area contributed by atoms with E-state index in [0.29, 0.717) is 17.8 Å². The van der Waals surface area contributed by atoms with Crippen LogP contribution in [-0.2, 0) is 13.0 Å². The van der Waals surface area contributed by atoms with Crippen molar-refractivity contribution < 1.29 is 19.8 Å². The molecular weight excluding hydrogens is 346 g/mol. The van der Waals surface area contributed by atoms with Gasteiger partial charge in [-0.3, -0.25) is 15.0 Å². The SMILES string of the molecule is O=C(O)Nc1cccc(C(=O)NCC(O)CN2CCc3ccccc3C2)c1. The number of carboxylic acid groups (broad SMARTS) is 1. The predicted molar refractivity (Wildman–Crippen MR) is 102 cm³/mol. The van der Waals surface area contributed by atoms with E-state index in [2.05, 4.69) is 27.7 Å². The summed E-state index contributed by atoms with van der Waals surface area (Å²) in [6, 6.07) is 14.5. The molecule has 1 unspecified atom stereocenters. The Morgan fingerprint density at radius 2 is 1.89 bits per heavy atom. The van der Waals surface area contributed by atoms with Crippen LogP contribution >= 0.6 is 0 Å². The summed E-state index contributed by atoms with van der Waals surface area (Å²) in [6.45, 7) is 2.29. The van der Waals surface area contributed by atoms with Gasteiger partial charge < -0.3 is 15.5 Å². The molecule has 3 rings (SSSR count). The lowest BCUT2D eigenvalue weighted by Gasteiger charge is -2.30. The summed E-state index contributed by atoms with van der Waals surface area (Å²) >= 11 is 0. The number of aliphatic hydroxyl groups is 1. The first-order valence-electron chi connectivity index (χ1n) is 8.86. The topological polar surface area (TPSA) is 102 Å². The monoisotopic (exact) mass is 369 g/mol. The molecule has 27 heavy (non-hydrogen) atoms.